The summed E-state index contributed by atoms with van der Waals surface area (Å²) in [6.07, 6.45) is 1.56. The molecule has 0 N–H and O–H groups in total. The normalized spacial score (nSPS) is 14.1. The van der Waals surface area contributed by atoms with Crippen LogP contribution in [0, 0.1) is 24.0 Å². The zero-order valence-electron chi connectivity index (χ0n) is 21.8. The number of carbonyl (C=O) groups is 1. The van der Waals surface area contributed by atoms with Gasteiger partial charge < -0.3 is 9.64 Å². The Labute approximate surface area is 224 Å². The smallest absolute Gasteiger partial charge is 0.278 e. The molecule has 38 heavy (non-hydrogen) atoms. The average Bonchev–Trinajstić information content (AvgIpc) is 3.52. The zero-order chi connectivity index (χ0) is 27.0. The van der Waals surface area contributed by atoms with E-state index in [1.165, 1.54) is 17.4 Å². The minimum Gasteiger partial charge on any atom is -0.497 e. The number of hydrogen-bond acceptors (Lipinski definition) is 7. The molecule has 1 aliphatic rings. The third kappa shape index (κ3) is 4.67. The molecule has 0 spiro atoms. The number of benzene rings is 2. The van der Waals surface area contributed by atoms with E-state index in [1.54, 1.807) is 25.3 Å². The summed E-state index contributed by atoms with van der Waals surface area (Å²) in [4.78, 5) is 31.5. The molecule has 0 atom stereocenters. The Kier molecular flexibility index (Phi) is 6.98. The number of nitro benzene ring substituents is 1. The first-order chi connectivity index (χ1) is 18.3. The van der Waals surface area contributed by atoms with Gasteiger partial charge in [0.25, 0.3) is 11.6 Å². The second kappa shape index (κ2) is 10.4. The monoisotopic (exact) mass is 531 g/mol. The number of rotatable bonds is 6. The quantitative estimate of drug-likeness (QED) is 0.231. The van der Waals surface area contributed by atoms with Gasteiger partial charge in [-0.2, -0.15) is 5.10 Å². The largest absolute Gasteiger partial charge is 0.497 e. The van der Waals surface area contributed by atoms with Crippen molar-refractivity contribution in [2.45, 2.75) is 32.6 Å². The Morgan fingerprint density at radius 3 is 2.53 bits per heavy atom. The van der Waals surface area contributed by atoms with E-state index in [4.69, 9.17) is 9.72 Å². The van der Waals surface area contributed by atoms with Crippen molar-refractivity contribution >= 4 is 22.9 Å². The molecule has 1 amide bonds. The van der Waals surface area contributed by atoms with Crippen LogP contribution in [-0.2, 0) is 7.05 Å². The van der Waals surface area contributed by atoms with Gasteiger partial charge in [-0.1, -0.05) is 12.1 Å². The minimum atomic E-state index is -0.375. The Hall–Kier alpha value is -4.05. The molecule has 1 saturated heterocycles. The SMILES string of the molecule is COc1ccc(-c2c(C)nn(C)c2C)c(C(=O)N2CCC(c3nc(-c4ccccc4[N+](=O)[O-])cs3)CC2)c1. The number of carbonyl (C=O) groups excluding carboxylic acids is 1. The maximum Gasteiger partial charge on any atom is 0.278 e. The fourth-order valence-corrected chi connectivity index (χ4v) is 6.15. The number of hydrogen-bond donors (Lipinski definition) is 0. The van der Waals surface area contributed by atoms with Gasteiger partial charge in [-0.15, -0.1) is 11.3 Å². The van der Waals surface area contributed by atoms with Crippen LogP contribution in [0.1, 0.15) is 45.5 Å². The van der Waals surface area contributed by atoms with Gasteiger partial charge in [0, 0.05) is 48.8 Å². The lowest BCUT2D eigenvalue weighted by Crippen LogP contribution is -2.38. The van der Waals surface area contributed by atoms with Gasteiger partial charge in [-0.05, 0) is 56.5 Å². The number of amides is 1. The Bertz CT molecular complexity index is 1520. The summed E-state index contributed by atoms with van der Waals surface area (Å²) in [5, 5.41) is 18.8. The molecule has 5 rings (SSSR count). The number of para-hydroxylation sites is 1. The van der Waals surface area contributed by atoms with Crippen molar-refractivity contribution in [2.75, 3.05) is 20.2 Å². The van der Waals surface area contributed by atoms with E-state index >= 15 is 0 Å². The van der Waals surface area contributed by atoms with Gasteiger partial charge in [0.15, 0.2) is 0 Å². The molecule has 9 nitrogen and oxygen atoms in total. The van der Waals surface area contributed by atoms with Crippen molar-refractivity contribution < 1.29 is 14.5 Å². The van der Waals surface area contributed by atoms with Gasteiger partial charge >= 0.3 is 0 Å². The molecule has 0 unspecified atom stereocenters. The highest BCUT2D eigenvalue weighted by molar-refractivity contribution is 7.10. The summed E-state index contributed by atoms with van der Waals surface area (Å²) < 4.78 is 7.28. The maximum atomic E-state index is 13.8. The van der Waals surface area contributed by atoms with Crippen molar-refractivity contribution in [3.63, 3.8) is 0 Å². The van der Waals surface area contributed by atoms with E-state index in [-0.39, 0.29) is 22.4 Å². The minimum absolute atomic E-state index is 0.0280. The number of methoxy groups -OCH3 is 1. The number of aryl methyl sites for hydroxylation is 2. The van der Waals surface area contributed by atoms with Crippen molar-refractivity contribution in [1.29, 1.82) is 0 Å². The van der Waals surface area contributed by atoms with Crippen molar-refractivity contribution in [3.05, 3.63) is 79.9 Å². The predicted molar refractivity (Wildman–Crippen MR) is 147 cm³/mol. The van der Waals surface area contributed by atoms with Crippen LogP contribution < -0.4 is 4.74 Å². The fourth-order valence-electron chi connectivity index (χ4n) is 5.16. The third-order valence-corrected chi connectivity index (χ3v) is 8.27. The van der Waals surface area contributed by atoms with Gasteiger partial charge in [0.05, 0.1) is 39.6 Å². The molecule has 0 saturated carbocycles. The standard InChI is InChI=1S/C28H29N5O4S/c1-17-26(18(2)31(3)30-17)21-10-9-20(37-4)15-23(21)28(34)32-13-11-19(12-14-32)27-29-24(16-38-27)22-7-5-6-8-25(22)33(35)36/h5-10,15-16,19H,11-14H2,1-4H3. The summed E-state index contributed by atoms with van der Waals surface area (Å²) in [6.45, 7) is 5.17. The topological polar surface area (TPSA) is 103 Å². The van der Waals surface area contributed by atoms with Crippen LogP contribution >= 0.6 is 11.3 Å². The van der Waals surface area contributed by atoms with E-state index in [1.807, 2.05) is 54.1 Å². The Morgan fingerprint density at radius 1 is 1.13 bits per heavy atom. The molecule has 1 aliphatic heterocycles. The van der Waals surface area contributed by atoms with E-state index in [0.29, 0.717) is 35.7 Å². The molecule has 2 aromatic heterocycles. The van der Waals surface area contributed by atoms with E-state index < -0.39 is 0 Å². The molecule has 10 heteroatoms. The van der Waals surface area contributed by atoms with Crippen LogP contribution in [0.3, 0.4) is 0 Å². The number of ether oxygens (including phenoxy) is 1. The van der Waals surface area contributed by atoms with Crippen molar-refractivity contribution in [2.24, 2.45) is 7.05 Å². The molecule has 2 aromatic carbocycles. The van der Waals surface area contributed by atoms with Gasteiger partial charge in [0.2, 0.25) is 0 Å². The van der Waals surface area contributed by atoms with Crippen molar-refractivity contribution in [1.82, 2.24) is 19.7 Å². The number of nitrogens with zero attached hydrogens (tertiary/aromatic N) is 5. The van der Waals surface area contributed by atoms with Crippen LogP contribution in [-0.4, -0.2) is 50.7 Å². The highest BCUT2D eigenvalue weighted by atomic mass is 32.1. The summed E-state index contributed by atoms with van der Waals surface area (Å²) in [5.74, 6) is 0.810. The van der Waals surface area contributed by atoms with Crippen LogP contribution in [0.15, 0.2) is 47.8 Å². The number of likely N-dealkylation sites (tertiary alicyclic amines) is 1. The zero-order valence-corrected chi connectivity index (χ0v) is 22.6. The molecule has 196 valence electrons. The van der Waals surface area contributed by atoms with Crippen molar-refractivity contribution in [3.8, 4) is 28.1 Å². The van der Waals surface area contributed by atoms with Crippen LogP contribution in [0.4, 0.5) is 5.69 Å². The lowest BCUT2D eigenvalue weighted by molar-refractivity contribution is -0.384. The second-order valence-electron chi connectivity index (χ2n) is 9.49. The molecule has 1 fully saturated rings. The Balaban J connectivity index is 1.35. The number of nitro groups is 1. The van der Waals surface area contributed by atoms with Crippen LogP contribution in [0.25, 0.3) is 22.4 Å². The van der Waals surface area contributed by atoms with Gasteiger partial charge in [0.1, 0.15) is 5.75 Å². The molecule has 0 radical (unpaired) electrons. The van der Waals surface area contributed by atoms with E-state index in [9.17, 15) is 14.9 Å². The molecule has 4 aromatic rings. The van der Waals surface area contributed by atoms with E-state index in [2.05, 4.69) is 5.10 Å². The molecule has 3 heterocycles. The maximum absolute atomic E-state index is 13.8. The Morgan fingerprint density at radius 2 is 1.87 bits per heavy atom. The second-order valence-corrected chi connectivity index (χ2v) is 10.4. The summed E-state index contributed by atoms with van der Waals surface area (Å²) in [5.41, 5.74) is 5.51. The first kappa shape index (κ1) is 25.6. The summed E-state index contributed by atoms with van der Waals surface area (Å²) in [6, 6.07) is 12.3. The highest BCUT2D eigenvalue weighted by Crippen LogP contribution is 2.37. The highest BCUT2D eigenvalue weighted by Gasteiger charge is 2.29. The van der Waals surface area contributed by atoms with Gasteiger partial charge in [-0.25, -0.2) is 4.98 Å². The van der Waals surface area contributed by atoms with Crippen LogP contribution in [0.5, 0.6) is 5.75 Å². The number of aromatic nitrogens is 3. The first-order valence-electron chi connectivity index (χ1n) is 12.5. The van der Waals surface area contributed by atoms with Gasteiger partial charge in [-0.3, -0.25) is 19.6 Å². The lowest BCUT2D eigenvalue weighted by atomic mass is 9.94. The lowest BCUT2D eigenvalue weighted by Gasteiger charge is -2.31. The molecule has 0 aliphatic carbocycles. The number of thiazole rings is 1. The summed E-state index contributed by atoms with van der Waals surface area (Å²) >= 11 is 1.52. The average molecular weight is 532 g/mol. The first-order valence-corrected chi connectivity index (χ1v) is 13.3. The summed E-state index contributed by atoms with van der Waals surface area (Å²) in [7, 11) is 3.50. The van der Waals surface area contributed by atoms with Crippen LogP contribution in [0.2, 0.25) is 0 Å². The third-order valence-electron chi connectivity index (χ3n) is 7.27. The predicted octanol–water partition coefficient (Wildman–Crippen LogP) is 5.76. The fraction of sp³-hybridized carbons (Fsp3) is 0.321. The molecule has 0 bridgehead atoms. The van der Waals surface area contributed by atoms with E-state index in [0.717, 1.165) is 40.4 Å². The molecular weight excluding hydrogens is 502 g/mol. The number of piperidine rings is 1. The molecular formula is C28H29N5O4S.